The highest BCUT2D eigenvalue weighted by molar-refractivity contribution is 5.63. The van der Waals surface area contributed by atoms with Crippen LogP contribution in [0.2, 0.25) is 0 Å². The number of nitrogens with zero attached hydrogens (tertiary/aromatic N) is 3. The third-order valence-corrected chi connectivity index (χ3v) is 4.13. The minimum absolute atomic E-state index is 0.216. The highest BCUT2D eigenvalue weighted by Crippen LogP contribution is 2.22. The molecule has 2 aromatic heterocycles. The number of nitrogens with one attached hydrogen (secondary N) is 2. The van der Waals surface area contributed by atoms with Crippen molar-refractivity contribution in [1.29, 1.82) is 0 Å². The van der Waals surface area contributed by atoms with Crippen LogP contribution in [-0.2, 0) is 6.54 Å². The average molecular weight is 369 g/mol. The minimum Gasteiger partial charge on any atom is -0.366 e. The fraction of sp³-hybridized carbons (Fsp3) is 0.250. The first-order valence-electron chi connectivity index (χ1n) is 8.79. The normalized spacial score (nSPS) is 11.9. The molecule has 5 nitrogen and oxygen atoms in total. The molecule has 0 aliphatic carbocycles. The zero-order valence-corrected chi connectivity index (χ0v) is 15.2. The van der Waals surface area contributed by atoms with Gasteiger partial charge in [0.25, 0.3) is 0 Å². The summed E-state index contributed by atoms with van der Waals surface area (Å²) in [7, 11) is 0. The molecule has 0 fully saturated rings. The lowest BCUT2D eigenvalue weighted by molar-refractivity contribution is 0.507. The molecule has 1 atom stereocenters. The Bertz CT molecular complexity index is 902. The Morgan fingerprint density at radius 2 is 1.93 bits per heavy atom. The summed E-state index contributed by atoms with van der Waals surface area (Å²) in [6.45, 7) is 4.43. The van der Waals surface area contributed by atoms with Crippen molar-refractivity contribution in [3.05, 3.63) is 66.0 Å². The van der Waals surface area contributed by atoms with Crippen molar-refractivity contribution >= 4 is 11.8 Å². The summed E-state index contributed by atoms with van der Waals surface area (Å²) in [5.74, 6) is -0.648. The fourth-order valence-electron chi connectivity index (χ4n) is 2.43. The van der Waals surface area contributed by atoms with E-state index < -0.39 is 11.6 Å². The van der Waals surface area contributed by atoms with Crippen molar-refractivity contribution in [2.45, 2.75) is 32.9 Å². The van der Waals surface area contributed by atoms with Crippen LogP contribution < -0.4 is 10.6 Å². The van der Waals surface area contributed by atoms with Gasteiger partial charge in [-0.25, -0.2) is 13.8 Å². The molecule has 2 N–H and O–H groups in total. The van der Waals surface area contributed by atoms with Gasteiger partial charge < -0.3 is 10.6 Å². The van der Waals surface area contributed by atoms with Crippen molar-refractivity contribution < 1.29 is 8.78 Å². The van der Waals surface area contributed by atoms with Crippen LogP contribution in [0, 0.1) is 11.6 Å². The fourth-order valence-corrected chi connectivity index (χ4v) is 2.43. The number of hydrogen-bond donors (Lipinski definition) is 2. The third-order valence-electron chi connectivity index (χ3n) is 4.13. The van der Waals surface area contributed by atoms with E-state index in [1.807, 2.05) is 12.1 Å². The number of benzene rings is 1. The lowest BCUT2D eigenvalue weighted by Gasteiger charge is -2.14. The van der Waals surface area contributed by atoms with Gasteiger partial charge in [-0.15, -0.1) is 0 Å². The van der Waals surface area contributed by atoms with Gasteiger partial charge in [0.1, 0.15) is 5.82 Å². The quantitative estimate of drug-likeness (QED) is 0.635. The van der Waals surface area contributed by atoms with Crippen molar-refractivity contribution in [3.8, 4) is 11.3 Å². The summed E-state index contributed by atoms with van der Waals surface area (Å²) >= 11 is 0. The maximum atomic E-state index is 13.4. The van der Waals surface area contributed by atoms with E-state index in [1.54, 1.807) is 18.5 Å². The number of aromatic nitrogens is 3. The molecule has 0 bridgehead atoms. The van der Waals surface area contributed by atoms with E-state index in [1.165, 1.54) is 12.1 Å². The van der Waals surface area contributed by atoms with Crippen LogP contribution in [0.1, 0.15) is 25.8 Å². The van der Waals surface area contributed by atoms with Crippen molar-refractivity contribution in [3.63, 3.8) is 0 Å². The SMILES string of the molecule is CC[C@@H](C)Nc1nc(NCc2ccc(F)c(F)c2)cc(-c2cccnc2)n1. The second kappa shape index (κ2) is 8.53. The van der Waals surface area contributed by atoms with Gasteiger partial charge in [-0.3, -0.25) is 4.98 Å². The first-order chi connectivity index (χ1) is 13.0. The molecule has 3 rings (SSSR count). The smallest absolute Gasteiger partial charge is 0.225 e. The minimum atomic E-state index is -0.868. The maximum Gasteiger partial charge on any atom is 0.225 e. The van der Waals surface area contributed by atoms with Crippen LogP contribution in [0.3, 0.4) is 0 Å². The topological polar surface area (TPSA) is 62.7 Å². The van der Waals surface area contributed by atoms with Crippen LogP contribution in [-0.4, -0.2) is 21.0 Å². The molecule has 0 saturated carbocycles. The number of anilines is 2. The molecular formula is C20H21F2N5. The molecule has 0 aliphatic rings. The second-order valence-corrected chi connectivity index (χ2v) is 6.26. The molecule has 0 aliphatic heterocycles. The van der Waals surface area contributed by atoms with Crippen LogP contribution in [0.25, 0.3) is 11.3 Å². The Morgan fingerprint density at radius 3 is 2.63 bits per heavy atom. The monoisotopic (exact) mass is 369 g/mol. The summed E-state index contributed by atoms with van der Waals surface area (Å²) in [5, 5.41) is 6.41. The van der Waals surface area contributed by atoms with Gasteiger partial charge in [0.15, 0.2) is 11.6 Å². The largest absolute Gasteiger partial charge is 0.366 e. The summed E-state index contributed by atoms with van der Waals surface area (Å²) in [6.07, 6.45) is 4.36. The standard InChI is InChI=1S/C20H21F2N5/c1-3-13(2)25-20-26-18(15-5-4-8-23-12-15)10-19(27-20)24-11-14-6-7-16(21)17(22)9-14/h4-10,12-13H,3,11H2,1-2H3,(H2,24,25,26,27)/t13-/m1/s1. The first-order valence-corrected chi connectivity index (χ1v) is 8.79. The Morgan fingerprint density at radius 1 is 1.07 bits per heavy atom. The first kappa shape index (κ1) is 18.7. The van der Waals surface area contributed by atoms with Crippen LogP contribution in [0.4, 0.5) is 20.5 Å². The van der Waals surface area contributed by atoms with Crippen LogP contribution in [0.15, 0.2) is 48.8 Å². The highest BCUT2D eigenvalue weighted by Gasteiger charge is 2.09. The molecule has 7 heteroatoms. The molecule has 0 unspecified atom stereocenters. The summed E-state index contributed by atoms with van der Waals surface area (Å²) in [6, 6.07) is 9.60. The van der Waals surface area contributed by atoms with E-state index in [0.717, 1.165) is 23.7 Å². The van der Waals surface area contributed by atoms with E-state index in [4.69, 9.17) is 0 Å². The second-order valence-electron chi connectivity index (χ2n) is 6.26. The van der Waals surface area contributed by atoms with Crippen molar-refractivity contribution in [2.75, 3.05) is 10.6 Å². The Labute approximate surface area is 156 Å². The highest BCUT2D eigenvalue weighted by atomic mass is 19.2. The van der Waals surface area contributed by atoms with E-state index in [-0.39, 0.29) is 6.04 Å². The molecule has 2 heterocycles. The molecule has 3 aromatic rings. The van der Waals surface area contributed by atoms with Gasteiger partial charge in [0.2, 0.25) is 5.95 Å². The Balaban J connectivity index is 1.86. The lowest BCUT2D eigenvalue weighted by Crippen LogP contribution is -2.16. The molecule has 140 valence electrons. The number of hydrogen-bond acceptors (Lipinski definition) is 5. The molecule has 0 radical (unpaired) electrons. The Kier molecular flexibility index (Phi) is 5.90. The Hall–Kier alpha value is -3.09. The zero-order valence-electron chi connectivity index (χ0n) is 15.2. The molecule has 0 spiro atoms. The van der Waals surface area contributed by atoms with Gasteiger partial charge in [-0.2, -0.15) is 4.98 Å². The number of halogens is 2. The van der Waals surface area contributed by atoms with Crippen molar-refractivity contribution in [2.24, 2.45) is 0 Å². The molecule has 1 aromatic carbocycles. The predicted molar refractivity (Wildman–Crippen MR) is 102 cm³/mol. The van der Waals surface area contributed by atoms with Crippen LogP contribution >= 0.6 is 0 Å². The molecule has 27 heavy (non-hydrogen) atoms. The van der Waals surface area contributed by atoms with Crippen LogP contribution in [0.5, 0.6) is 0 Å². The summed E-state index contributed by atoms with van der Waals surface area (Å²) in [5.41, 5.74) is 2.20. The van der Waals surface area contributed by atoms with Gasteiger partial charge in [-0.05, 0) is 43.2 Å². The lowest BCUT2D eigenvalue weighted by atomic mass is 10.2. The van der Waals surface area contributed by atoms with E-state index in [2.05, 4.69) is 39.4 Å². The molecular weight excluding hydrogens is 348 g/mol. The average Bonchev–Trinajstić information content (AvgIpc) is 2.69. The molecule has 0 amide bonds. The maximum absolute atomic E-state index is 13.4. The van der Waals surface area contributed by atoms with E-state index in [9.17, 15) is 8.78 Å². The third kappa shape index (κ3) is 4.97. The number of pyridine rings is 1. The number of rotatable bonds is 7. The van der Waals surface area contributed by atoms with Gasteiger partial charge in [-0.1, -0.05) is 13.0 Å². The molecule has 0 saturated heterocycles. The van der Waals surface area contributed by atoms with Crippen molar-refractivity contribution in [1.82, 2.24) is 15.0 Å². The van der Waals surface area contributed by atoms with Gasteiger partial charge >= 0.3 is 0 Å². The zero-order chi connectivity index (χ0) is 19.2. The van der Waals surface area contributed by atoms with Gasteiger partial charge in [0.05, 0.1) is 5.69 Å². The summed E-state index contributed by atoms with van der Waals surface area (Å²) < 4.78 is 26.5. The van der Waals surface area contributed by atoms with E-state index >= 15 is 0 Å². The van der Waals surface area contributed by atoms with E-state index in [0.29, 0.717) is 23.9 Å². The predicted octanol–water partition coefficient (Wildman–Crippen LogP) is 4.64. The summed E-state index contributed by atoms with van der Waals surface area (Å²) in [4.78, 5) is 13.2. The van der Waals surface area contributed by atoms with Gasteiger partial charge in [0, 0.05) is 36.6 Å².